The van der Waals surface area contributed by atoms with Crippen molar-refractivity contribution in [3.8, 4) is 23.0 Å². The van der Waals surface area contributed by atoms with Crippen molar-refractivity contribution in [2.45, 2.75) is 38.2 Å². The number of dihydropyridines is 1. The zero-order valence-corrected chi connectivity index (χ0v) is 23.5. The minimum Gasteiger partial charge on any atom is -0.504 e. The molecule has 1 aliphatic carbocycles. The Bertz CT molecular complexity index is 1540. The van der Waals surface area contributed by atoms with Crippen LogP contribution in [0.1, 0.15) is 48.3 Å². The van der Waals surface area contributed by atoms with E-state index in [0.29, 0.717) is 46.1 Å². The van der Waals surface area contributed by atoms with Crippen LogP contribution in [0, 0.1) is 0 Å². The number of phenolic OH excluding ortho intramolecular Hbond substituents is 1. The summed E-state index contributed by atoms with van der Waals surface area (Å²) in [7, 11) is 4.63. The van der Waals surface area contributed by atoms with Gasteiger partial charge in [0.05, 0.1) is 26.9 Å². The smallest absolute Gasteiger partial charge is 0.337 e. The van der Waals surface area contributed by atoms with Gasteiger partial charge in [0.2, 0.25) is 0 Å². The van der Waals surface area contributed by atoms with Crippen molar-refractivity contribution in [1.82, 2.24) is 5.32 Å². The van der Waals surface area contributed by atoms with Crippen LogP contribution in [0.25, 0.3) is 0 Å². The van der Waals surface area contributed by atoms with Crippen molar-refractivity contribution in [1.29, 1.82) is 0 Å². The molecule has 0 saturated heterocycles. The van der Waals surface area contributed by atoms with Crippen LogP contribution in [0.4, 0.5) is 0 Å². The molecule has 2 aliphatic rings. The Kier molecular flexibility index (Phi) is 8.01. The summed E-state index contributed by atoms with van der Waals surface area (Å²) in [4.78, 5) is 27.5. The molecule has 0 fully saturated rings. The third-order valence-electron chi connectivity index (χ3n) is 7.68. The Morgan fingerprint density at radius 3 is 2.24 bits per heavy atom. The van der Waals surface area contributed by atoms with E-state index in [1.807, 2.05) is 55.5 Å². The molecular formula is C33H33NO7. The first-order chi connectivity index (χ1) is 19.8. The molecule has 2 N–H and O–H groups in total. The van der Waals surface area contributed by atoms with Gasteiger partial charge < -0.3 is 29.4 Å². The topological polar surface area (TPSA) is 103 Å². The minimum absolute atomic E-state index is 0.0770. The SMILES string of the molecule is COc1ccc([C@H]2C(C(=O)OCc3ccccc3)=C(C)NC3=C2C(=O)C[C@@H](c2ccc(OC)c(OC)c2)C3)cc1O. The van der Waals surface area contributed by atoms with E-state index < -0.39 is 11.9 Å². The zero-order chi connectivity index (χ0) is 29.1. The monoisotopic (exact) mass is 555 g/mol. The highest BCUT2D eigenvalue weighted by Gasteiger charge is 2.41. The summed E-state index contributed by atoms with van der Waals surface area (Å²) >= 11 is 0. The summed E-state index contributed by atoms with van der Waals surface area (Å²) in [6, 6.07) is 20.1. The standard InChI is InChI=1S/C33H33NO7/c1-19-30(33(37)41-18-20-8-6-5-7-9-20)31(22-11-12-27(38-2)25(35)15-22)32-24(34-19)14-23(16-26(32)36)21-10-13-28(39-3)29(17-21)40-4/h5-13,15,17,23,31,34-35H,14,16,18H2,1-4H3/t23-,31-/m0/s1. The molecule has 2 atom stereocenters. The largest absolute Gasteiger partial charge is 0.504 e. The summed E-state index contributed by atoms with van der Waals surface area (Å²) in [5, 5.41) is 14.0. The predicted octanol–water partition coefficient (Wildman–Crippen LogP) is 5.52. The molecule has 0 amide bonds. The number of benzene rings is 3. The second-order valence-corrected chi connectivity index (χ2v) is 10.1. The van der Waals surface area contributed by atoms with Crippen LogP contribution < -0.4 is 19.5 Å². The highest BCUT2D eigenvalue weighted by atomic mass is 16.5. The normalized spacial score (nSPS) is 18.4. The van der Waals surface area contributed by atoms with Gasteiger partial charge in [-0.05, 0) is 60.2 Å². The lowest BCUT2D eigenvalue weighted by Crippen LogP contribution is -2.36. The van der Waals surface area contributed by atoms with Gasteiger partial charge in [-0.1, -0.05) is 42.5 Å². The number of phenols is 1. The Morgan fingerprint density at radius 2 is 1.56 bits per heavy atom. The Balaban J connectivity index is 1.53. The van der Waals surface area contributed by atoms with Crippen molar-refractivity contribution < 1.29 is 33.6 Å². The molecule has 1 aliphatic heterocycles. The second kappa shape index (κ2) is 11.8. The fraction of sp³-hybridized carbons (Fsp3) is 0.273. The highest BCUT2D eigenvalue weighted by molar-refractivity contribution is 6.04. The third-order valence-corrected chi connectivity index (χ3v) is 7.68. The van der Waals surface area contributed by atoms with Crippen LogP contribution in [-0.4, -0.2) is 38.2 Å². The fourth-order valence-electron chi connectivity index (χ4n) is 5.67. The number of carbonyl (C=O) groups excluding carboxylic acids is 2. The molecule has 0 bridgehead atoms. The summed E-state index contributed by atoms with van der Waals surface area (Å²) in [6.07, 6.45) is 0.804. The Hall–Kier alpha value is -4.72. The van der Waals surface area contributed by atoms with Crippen LogP contribution in [0.3, 0.4) is 0 Å². The molecule has 212 valence electrons. The molecule has 3 aromatic carbocycles. The molecule has 8 heteroatoms. The number of ketones is 1. The predicted molar refractivity (Wildman–Crippen MR) is 153 cm³/mol. The maximum atomic E-state index is 13.9. The van der Waals surface area contributed by atoms with Crippen molar-refractivity contribution in [2.24, 2.45) is 0 Å². The number of allylic oxidation sites excluding steroid dienone is 3. The van der Waals surface area contributed by atoms with Crippen LogP contribution in [0.2, 0.25) is 0 Å². The van der Waals surface area contributed by atoms with Crippen molar-refractivity contribution in [2.75, 3.05) is 21.3 Å². The fourth-order valence-corrected chi connectivity index (χ4v) is 5.67. The maximum absolute atomic E-state index is 13.9. The first-order valence-electron chi connectivity index (χ1n) is 13.4. The van der Waals surface area contributed by atoms with Crippen molar-refractivity contribution >= 4 is 11.8 Å². The number of carbonyl (C=O) groups is 2. The molecule has 3 aromatic rings. The lowest BCUT2D eigenvalue weighted by atomic mass is 9.71. The first-order valence-corrected chi connectivity index (χ1v) is 13.4. The van der Waals surface area contributed by atoms with E-state index in [2.05, 4.69) is 5.32 Å². The van der Waals surface area contributed by atoms with E-state index in [4.69, 9.17) is 18.9 Å². The summed E-state index contributed by atoms with van der Waals surface area (Å²) < 4.78 is 21.8. The molecule has 1 heterocycles. The van der Waals surface area contributed by atoms with Crippen molar-refractivity contribution in [3.05, 3.63) is 106 Å². The van der Waals surface area contributed by atoms with Crippen LogP contribution in [0.15, 0.2) is 89.3 Å². The Labute approximate surface area is 239 Å². The number of esters is 1. The van der Waals surface area contributed by atoms with E-state index >= 15 is 0 Å². The van der Waals surface area contributed by atoms with Crippen molar-refractivity contribution in [3.63, 3.8) is 0 Å². The van der Waals surface area contributed by atoms with Gasteiger partial charge in [-0.15, -0.1) is 0 Å². The number of hydrogen-bond donors (Lipinski definition) is 2. The molecule has 5 rings (SSSR count). The average Bonchev–Trinajstić information content (AvgIpc) is 2.99. The molecule has 8 nitrogen and oxygen atoms in total. The number of nitrogens with one attached hydrogen (secondary N) is 1. The summed E-state index contributed by atoms with van der Waals surface area (Å²) in [6.45, 7) is 1.90. The number of hydrogen-bond acceptors (Lipinski definition) is 8. The number of ether oxygens (including phenoxy) is 4. The lowest BCUT2D eigenvalue weighted by molar-refractivity contribution is -0.140. The van der Waals surface area contributed by atoms with E-state index in [0.717, 1.165) is 16.8 Å². The van der Waals surface area contributed by atoms with Gasteiger partial charge in [-0.3, -0.25) is 4.79 Å². The number of aromatic hydroxyl groups is 1. The summed E-state index contributed by atoms with van der Waals surface area (Å²) in [5.41, 5.74) is 4.60. The quantitative estimate of drug-likeness (QED) is 0.350. The molecule has 0 radical (unpaired) electrons. The van der Waals surface area contributed by atoms with E-state index in [-0.39, 0.29) is 30.5 Å². The number of methoxy groups -OCH3 is 3. The van der Waals surface area contributed by atoms with E-state index in [1.165, 1.54) is 7.11 Å². The minimum atomic E-state index is -0.717. The van der Waals surface area contributed by atoms with Crippen LogP contribution in [-0.2, 0) is 20.9 Å². The van der Waals surface area contributed by atoms with Gasteiger partial charge in [0, 0.05) is 29.3 Å². The van der Waals surface area contributed by atoms with Gasteiger partial charge in [0.15, 0.2) is 28.8 Å². The second-order valence-electron chi connectivity index (χ2n) is 10.1. The molecule has 0 saturated carbocycles. The van der Waals surface area contributed by atoms with Crippen LogP contribution in [0.5, 0.6) is 23.0 Å². The molecular weight excluding hydrogens is 522 g/mol. The van der Waals surface area contributed by atoms with E-state index in [1.54, 1.807) is 32.4 Å². The van der Waals surface area contributed by atoms with Gasteiger partial charge in [0.25, 0.3) is 0 Å². The highest BCUT2D eigenvalue weighted by Crippen LogP contribution is 2.47. The molecule has 0 spiro atoms. The van der Waals surface area contributed by atoms with Crippen LogP contribution >= 0.6 is 0 Å². The number of Topliss-reactive ketones (excluding diaryl/α,β-unsaturated/α-hetero) is 1. The van der Waals surface area contributed by atoms with E-state index in [9.17, 15) is 14.7 Å². The molecule has 0 unspecified atom stereocenters. The third kappa shape index (κ3) is 5.50. The zero-order valence-electron chi connectivity index (χ0n) is 23.5. The first kappa shape index (κ1) is 27.8. The molecule has 0 aromatic heterocycles. The average molecular weight is 556 g/mol. The summed E-state index contributed by atoms with van der Waals surface area (Å²) in [5.74, 6) is 0.00943. The van der Waals surface area contributed by atoms with Gasteiger partial charge in [-0.25, -0.2) is 4.79 Å². The van der Waals surface area contributed by atoms with Gasteiger partial charge in [0.1, 0.15) is 6.61 Å². The Morgan fingerprint density at radius 1 is 0.878 bits per heavy atom. The lowest BCUT2D eigenvalue weighted by Gasteiger charge is -2.37. The van der Waals surface area contributed by atoms with Gasteiger partial charge in [-0.2, -0.15) is 0 Å². The molecule has 41 heavy (non-hydrogen) atoms. The number of rotatable bonds is 8. The maximum Gasteiger partial charge on any atom is 0.337 e. The van der Waals surface area contributed by atoms with Gasteiger partial charge >= 0.3 is 5.97 Å².